The zero-order chi connectivity index (χ0) is 16.5. The smallest absolute Gasteiger partial charge is 0.140 e. The summed E-state index contributed by atoms with van der Waals surface area (Å²) in [7, 11) is 1.09. The van der Waals surface area contributed by atoms with Crippen molar-refractivity contribution in [1.29, 1.82) is 5.41 Å². The molecule has 0 unspecified atom stereocenters. The van der Waals surface area contributed by atoms with E-state index >= 15 is 0 Å². The molecule has 1 saturated heterocycles. The van der Waals surface area contributed by atoms with Gasteiger partial charge in [-0.2, -0.15) is 0 Å². The lowest BCUT2D eigenvalue weighted by Gasteiger charge is -2.24. The molecule has 0 radical (unpaired) electrons. The lowest BCUT2D eigenvalue weighted by Crippen LogP contribution is -2.39. The molecule has 0 saturated carbocycles. The molecule has 122 valence electrons. The minimum absolute atomic E-state index is 0.421. The maximum atomic E-state index is 8.23. The fourth-order valence-electron chi connectivity index (χ4n) is 2.38. The number of nitrogens with one attached hydrogen (secondary N) is 2. The topological polar surface area (TPSA) is 60.6 Å². The van der Waals surface area contributed by atoms with Crippen LogP contribution in [0.3, 0.4) is 0 Å². The Labute approximate surface area is 136 Å². The number of hydrogen-bond donors (Lipinski definition) is 2. The molecule has 22 heavy (non-hydrogen) atoms. The van der Waals surface area contributed by atoms with Crippen molar-refractivity contribution >= 4 is 26.3 Å². The number of allylic oxidation sites excluding steroid dienone is 2. The summed E-state index contributed by atoms with van der Waals surface area (Å²) in [5.74, 6) is 0.421. The van der Waals surface area contributed by atoms with Crippen molar-refractivity contribution in [2.24, 2.45) is 9.98 Å². The molecule has 4 nitrogen and oxygen atoms in total. The Morgan fingerprint density at radius 3 is 2.50 bits per heavy atom. The molecule has 1 fully saturated rings. The lowest BCUT2D eigenvalue weighted by molar-refractivity contribution is 0.565. The Balaban J connectivity index is 2.90. The van der Waals surface area contributed by atoms with E-state index in [0.717, 1.165) is 44.8 Å². The van der Waals surface area contributed by atoms with Gasteiger partial charge in [-0.1, -0.05) is 13.5 Å². The van der Waals surface area contributed by atoms with E-state index in [-0.39, 0.29) is 0 Å². The summed E-state index contributed by atoms with van der Waals surface area (Å²) in [5, 5.41) is 11.6. The molecule has 5 heteroatoms. The molecule has 0 spiro atoms. The quantitative estimate of drug-likeness (QED) is 0.328. The summed E-state index contributed by atoms with van der Waals surface area (Å²) in [4.78, 5) is 9.02. The molecule has 0 aromatic heterocycles. The molecule has 2 N–H and O–H groups in total. The van der Waals surface area contributed by atoms with Crippen LogP contribution in [0.25, 0.3) is 0 Å². The first kappa shape index (κ1) is 18.8. The summed E-state index contributed by atoms with van der Waals surface area (Å²) in [6.45, 7) is 11.8. The third kappa shape index (κ3) is 5.84. The summed E-state index contributed by atoms with van der Waals surface area (Å²) in [6, 6.07) is 0.426. The van der Waals surface area contributed by atoms with Crippen molar-refractivity contribution < 1.29 is 0 Å². The Kier molecular flexibility index (Phi) is 8.26. The van der Waals surface area contributed by atoms with Gasteiger partial charge in [0.1, 0.15) is 5.84 Å². The van der Waals surface area contributed by atoms with Crippen LogP contribution in [0.4, 0.5) is 0 Å². The van der Waals surface area contributed by atoms with Crippen LogP contribution in [0.1, 0.15) is 47.0 Å². The second-order valence-corrected chi connectivity index (χ2v) is 7.06. The SMILES string of the molecule is C=C(C)C(/N=C(\C)C(=N)NC1CCPCC1)=C(CC)\N=C/C. The van der Waals surface area contributed by atoms with Gasteiger partial charge >= 0.3 is 0 Å². The van der Waals surface area contributed by atoms with E-state index in [9.17, 15) is 0 Å². The summed E-state index contributed by atoms with van der Waals surface area (Å²) in [5.41, 5.74) is 3.30. The van der Waals surface area contributed by atoms with Gasteiger partial charge in [-0.05, 0) is 57.9 Å². The maximum absolute atomic E-state index is 8.23. The maximum Gasteiger partial charge on any atom is 0.140 e. The summed E-state index contributed by atoms with van der Waals surface area (Å²) in [6.07, 6.45) is 7.47. The van der Waals surface area contributed by atoms with E-state index in [1.807, 2.05) is 20.8 Å². The predicted octanol–water partition coefficient (Wildman–Crippen LogP) is 4.14. The monoisotopic (exact) mass is 320 g/mol. The van der Waals surface area contributed by atoms with Crippen LogP contribution in [0.2, 0.25) is 0 Å². The molecule has 0 aromatic carbocycles. The second kappa shape index (κ2) is 9.68. The van der Waals surface area contributed by atoms with Gasteiger partial charge in [-0.15, -0.1) is 8.58 Å². The van der Waals surface area contributed by atoms with Crippen LogP contribution in [-0.2, 0) is 0 Å². The van der Waals surface area contributed by atoms with Gasteiger partial charge in [0.15, 0.2) is 0 Å². The van der Waals surface area contributed by atoms with Crippen LogP contribution in [0, 0.1) is 5.41 Å². The van der Waals surface area contributed by atoms with Crippen molar-refractivity contribution in [2.75, 3.05) is 12.3 Å². The van der Waals surface area contributed by atoms with Gasteiger partial charge in [-0.3, -0.25) is 10.4 Å². The van der Waals surface area contributed by atoms with Crippen LogP contribution in [-0.4, -0.2) is 36.1 Å². The lowest BCUT2D eigenvalue weighted by atomic mass is 10.1. The first-order chi connectivity index (χ1) is 10.5. The van der Waals surface area contributed by atoms with Crippen molar-refractivity contribution in [2.45, 2.75) is 53.0 Å². The van der Waals surface area contributed by atoms with Crippen LogP contribution >= 0.6 is 8.58 Å². The third-order valence-corrected chi connectivity index (χ3v) is 4.91. The Bertz CT molecular complexity index is 497. The molecule has 1 heterocycles. The Hall–Kier alpha value is -1.28. The fraction of sp³-hybridized carbons (Fsp3) is 0.588. The van der Waals surface area contributed by atoms with Gasteiger partial charge < -0.3 is 5.32 Å². The predicted molar refractivity (Wildman–Crippen MR) is 101 cm³/mol. The highest BCUT2D eigenvalue weighted by atomic mass is 31.1. The second-order valence-electron chi connectivity index (χ2n) is 5.56. The van der Waals surface area contributed by atoms with Crippen molar-refractivity contribution in [3.05, 3.63) is 23.5 Å². The molecular weight excluding hydrogens is 291 g/mol. The van der Waals surface area contributed by atoms with Crippen LogP contribution < -0.4 is 5.32 Å². The first-order valence-electron chi connectivity index (χ1n) is 7.98. The molecule has 1 aliphatic rings. The molecular formula is C17H29N4P. The largest absolute Gasteiger partial charge is 0.366 e. The normalized spacial score (nSPS) is 21.8. The fourth-order valence-corrected chi connectivity index (χ4v) is 3.74. The van der Waals surface area contributed by atoms with E-state index in [2.05, 4.69) is 28.8 Å². The number of aliphatic imine (C=N–C) groups is 2. The highest BCUT2D eigenvalue weighted by molar-refractivity contribution is 7.38. The highest BCUT2D eigenvalue weighted by Crippen LogP contribution is 2.23. The van der Waals surface area contributed by atoms with Gasteiger partial charge in [0.05, 0.1) is 17.1 Å². The molecule has 0 amide bonds. The molecule has 1 aliphatic heterocycles. The first-order valence-corrected chi connectivity index (χ1v) is 9.40. The summed E-state index contributed by atoms with van der Waals surface area (Å²) < 4.78 is 0. The zero-order valence-electron chi connectivity index (χ0n) is 14.3. The van der Waals surface area contributed by atoms with E-state index in [0.29, 0.717) is 17.6 Å². The van der Waals surface area contributed by atoms with Crippen LogP contribution in [0.15, 0.2) is 33.5 Å². The van der Waals surface area contributed by atoms with E-state index in [1.54, 1.807) is 6.21 Å². The average molecular weight is 320 g/mol. The van der Waals surface area contributed by atoms with E-state index in [4.69, 9.17) is 5.41 Å². The van der Waals surface area contributed by atoms with Gasteiger partial charge in [-0.25, -0.2) is 4.99 Å². The number of nitrogens with zero attached hydrogens (tertiary/aromatic N) is 2. The minimum atomic E-state index is 0.421. The Morgan fingerprint density at radius 2 is 2.00 bits per heavy atom. The molecule has 1 rings (SSSR count). The molecule has 0 atom stereocenters. The zero-order valence-corrected chi connectivity index (χ0v) is 15.3. The minimum Gasteiger partial charge on any atom is -0.366 e. The van der Waals surface area contributed by atoms with Crippen molar-refractivity contribution in [1.82, 2.24) is 5.32 Å². The summed E-state index contributed by atoms with van der Waals surface area (Å²) >= 11 is 0. The molecule has 0 bridgehead atoms. The van der Waals surface area contributed by atoms with Gasteiger partial charge in [0.25, 0.3) is 0 Å². The molecule has 0 aliphatic carbocycles. The number of amidine groups is 1. The van der Waals surface area contributed by atoms with E-state index in [1.165, 1.54) is 12.3 Å². The van der Waals surface area contributed by atoms with Gasteiger partial charge in [0.2, 0.25) is 0 Å². The number of rotatable bonds is 6. The standard InChI is InChI=1S/C17H29N4P/c1-6-15(19-7-2)16(12(3)4)20-13(5)17(18)21-14-8-10-22-11-9-14/h7,14,22H,3,6,8-11H2,1-2,4-5H3,(H2,18,21)/b16-15+,19-7-,20-13+. The third-order valence-electron chi connectivity index (χ3n) is 3.63. The Morgan fingerprint density at radius 1 is 1.36 bits per heavy atom. The van der Waals surface area contributed by atoms with Gasteiger partial charge in [0, 0.05) is 12.3 Å². The molecule has 0 aromatic rings. The number of hydrogen-bond acceptors (Lipinski definition) is 3. The van der Waals surface area contributed by atoms with Crippen molar-refractivity contribution in [3.8, 4) is 0 Å². The van der Waals surface area contributed by atoms with Crippen molar-refractivity contribution in [3.63, 3.8) is 0 Å². The van der Waals surface area contributed by atoms with E-state index < -0.39 is 0 Å². The van der Waals surface area contributed by atoms with Crippen LogP contribution in [0.5, 0.6) is 0 Å². The average Bonchev–Trinajstić information content (AvgIpc) is 2.51. The highest BCUT2D eigenvalue weighted by Gasteiger charge is 2.15.